The molecule has 122 valence electrons. The van der Waals surface area contributed by atoms with E-state index in [9.17, 15) is 4.79 Å². The highest BCUT2D eigenvalue weighted by Crippen LogP contribution is 2.22. The summed E-state index contributed by atoms with van der Waals surface area (Å²) in [6.07, 6.45) is 1.98. The van der Waals surface area contributed by atoms with E-state index in [0.717, 1.165) is 16.8 Å². The SMILES string of the molecule is O=C(CCl)NCc1cn(Cc2ccccc2)nc1-c1ccccc1. The molecule has 3 aromatic rings. The molecule has 1 N–H and O–H groups in total. The molecule has 0 aliphatic heterocycles. The minimum absolute atomic E-state index is 0.0428. The number of rotatable bonds is 6. The van der Waals surface area contributed by atoms with E-state index in [1.165, 1.54) is 5.56 Å². The first kappa shape index (κ1) is 16.3. The van der Waals surface area contributed by atoms with Crippen molar-refractivity contribution in [1.82, 2.24) is 15.1 Å². The van der Waals surface area contributed by atoms with Crippen molar-refractivity contribution in [2.75, 3.05) is 5.88 Å². The van der Waals surface area contributed by atoms with E-state index in [1.54, 1.807) is 0 Å². The standard InChI is InChI=1S/C19H18ClN3O/c20-11-18(24)21-12-17-14-23(13-15-7-3-1-4-8-15)22-19(17)16-9-5-2-6-10-16/h1-10,14H,11-13H2,(H,21,24). The number of hydrogen-bond donors (Lipinski definition) is 1. The van der Waals surface area contributed by atoms with Crippen molar-refractivity contribution in [2.45, 2.75) is 13.1 Å². The van der Waals surface area contributed by atoms with E-state index in [-0.39, 0.29) is 11.8 Å². The highest BCUT2D eigenvalue weighted by molar-refractivity contribution is 6.27. The molecule has 1 heterocycles. The van der Waals surface area contributed by atoms with Crippen LogP contribution < -0.4 is 5.32 Å². The van der Waals surface area contributed by atoms with Crippen molar-refractivity contribution >= 4 is 17.5 Å². The second-order valence-electron chi connectivity index (χ2n) is 5.46. The minimum atomic E-state index is -0.188. The Morgan fingerprint density at radius 2 is 1.71 bits per heavy atom. The predicted octanol–water partition coefficient (Wildman–Crippen LogP) is 3.45. The molecule has 1 amide bonds. The van der Waals surface area contributed by atoms with Gasteiger partial charge in [-0.15, -0.1) is 11.6 Å². The van der Waals surface area contributed by atoms with Crippen molar-refractivity contribution in [3.63, 3.8) is 0 Å². The predicted molar refractivity (Wildman–Crippen MR) is 95.8 cm³/mol. The van der Waals surface area contributed by atoms with Crippen LogP contribution in [0.25, 0.3) is 11.3 Å². The number of carbonyl (C=O) groups excluding carboxylic acids is 1. The smallest absolute Gasteiger partial charge is 0.235 e. The number of hydrogen-bond acceptors (Lipinski definition) is 2. The van der Waals surface area contributed by atoms with E-state index in [4.69, 9.17) is 16.7 Å². The molecule has 3 rings (SSSR count). The highest BCUT2D eigenvalue weighted by Gasteiger charge is 2.12. The maximum absolute atomic E-state index is 11.5. The first-order chi connectivity index (χ1) is 11.8. The summed E-state index contributed by atoms with van der Waals surface area (Å²) < 4.78 is 1.90. The molecule has 2 aromatic carbocycles. The lowest BCUT2D eigenvalue weighted by molar-refractivity contribution is -0.118. The summed E-state index contributed by atoms with van der Waals surface area (Å²) in [5.74, 6) is -0.231. The molecule has 0 radical (unpaired) electrons. The maximum atomic E-state index is 11.5. The Morgan fingerprint density at radius 1 is 1.04 bits per heavy atom. The number of halogens is 1. The van der Waals surface area contributed by atoms with Gasteiger partial charge in [-0.2, -0.15) is 5.10 Å². The molecule has 0 aliphatic carbocycles. The van der Waals surface area contributed by atoms with E-state index in [2.05, 4.69) is 17.4 Å². The van der Waals surface area contributed by atoms with Crippen molar-refractivity contribution < 1.29 is 4.79 Å². The van der Waals surface area contributed by atoms with Crippen LogP contribution in [0.5, 0.6) is 0 Å². The van der Waals surface area contributed by atoms with Crippen LogP contribution in [0.2, 0.25) is 0 Å². The van der Waals surface area contributed by atoms with E-state index in [1.807, 2.05) is 59.4 Å². The third-order valence-electron chi connectivity index (χ3n) is 3.67. The summed E-state index contributed by atoms with van der Waals surface area (Å²) in [6.45, 7) is 1.09. The fourth-order valence-corrected chi connectivity index (χ4v) is 2.62. The summed E-state index contributed by atoms with van der Waals surface area (Å²) >= 11 is 5.55. The van der Waals surface area contributed by atoms with Crippen molar-refractivity contribution in [1.29, 1.82) is 0 Å². The summed E-state index contributed by atoms with van der Waals surface area (Å²) in [7, 11) is 0. The molecule has 0 bridgehead atoms. The first-order valence-electron chi connectivity index (χ1n) is 7.74. The lowest BCUT2D eigenvalue weighted by Gasteiger charge is -2.03. The molecule has 0 atom stereocenters. The van der Waals surface area contributed by atoms with Crippen LogP contribution in [0.4, 0.5) is 0 Å². The van der Waals surface area contributed by atoms with Gasteiger partial charge in [0.05, 0.1) is 12.2 Å². The zero-order chi connectivity index (χ0) is 16.8. The monoisotopic (exact) mass is 339 g/mol. The number of nitrogens with zero attached hydrogens (tertiary/aromatic N) is 2. The van der Waals surface area contributed by atoms with Crippen LogP contribution in [0.15, 0.2) is 66.9 Å². The molecule has 0 aliphatic rings. The Bertz CT molecular complexity index is 800. The van der Waals surface area contributed by atoms with Crippen LogP contribution in [0.1, 0.15) is 11.1 Å². The molecule has 0 saturated heterocycles. The first-order valence-corrected chi connectivity index (χ1v) is 8.28. The molecular formula is C19H18ClN3O. The number of carbonyl (C=O) groups is 1. The third-order valence-corrected chi connectivity index (χ3v) is 3.91. The number of nitrogens with one attached hydrogen (secondary N) is 1. The lowest BCUT2D eigenvalue weighted by atomic mass is 10.1. The van der Waals surface area contributed by atoms with Gasteiger partial charge in [-0.3, -0.25) is 9.48 Å². The maximum Gasteiger partial charge on any atom is 0.235 e. The van der Waals surface area contributed by atoms with Gasteiger partial charge in [0, 0.05) is 23.9 Å². The van der Waals surface area contributed by atoms with E-state index >= 15 is 0 Å². The zero-order valence-corrected chi connectivity index (χ0v) is 13.9. The Morgan fingerprint density at radius 3 is 2.38 bits per heavy atom. The second-order valence-corrected chi connectivity index (χ2v) is 5.73. The van der Waals surface area contributed by atoms with Gasteiger partial charge in [0.1, 0.15) is 5.88 Å². The van der Waals surface area contributed by atoms with Crippen LogP contribution >= 0.6 is 11.6 Å². The lowest BCUT2D eigenvalue weighted by Crippen LogP contribution is -2.23. The molecule has 1 aromatic heterocycles. The molecular weight excluding hydrogens is 322 g/mol. The van der Waals surface area contributed by atoms with Crippen LogP contribution in [0, 0.1) is 0 Å². The Labute approximate surface area is 146 Å². The number of benzene rings is 2. The average Bonchev–Trinajstić information content (AvgIpc) is 3.04. The second kappa shape index (κ2) is 7.79. The number of alkyl halides is 1. The van der Waals surface area contributed by atoms with Gasteiger partial charge in [-0.1, -0.05) is 60.7 Å². The highest BCUT2D eigenvalue weighted by atomic mass is 35.5. The van der Waals surface area contributed by atoms with E-state index in [0.29, 0.717) is 13.1 Å². The topological polar surface area (TPSA) is 46.9 Å². The normalized spacial score (nSPS) is 10.5. The Hall–Kier alpha value is -2.59. The Kier molecular flexibility index (Phi) is 5.29. The van der Waals surface area contributed by atoms with Crippen molar-refractivity contribution in [3.05, 3.63) is 78.0 Å². The van der Waals surface area contributed by atoms with Crippen LogP contribution in [-0.4, -0.2) is 21.6 Å². The van der Waals surface area contributed by atoms with Gasteiger partial charge in [-0.25, -0.2) is 0 Å². The number of aromatic nitrogens is 2. The van der Waals surface area contributed by atoms with Crippen molar-refractivity contribution in [3.8, 4) is 11.3 Å². The molecule has 0 fully saturated rings. The average molecular weight is 340 g/mol. The van der Waals surface area contributed by atoms with Gasteiger partial charge in [0.2, 0.25) is 5.91 Å². The van der Waals surface area contributed by atoms with Crippen LogP contribution in [-0.2, 0) is 17.9 Å². The molecule has 4 nitrogen and oxygen atoms in total. The fourth-order valence-electron chi connectivity index (χ4n) is 2.52. The van der Waals surface area contributed by atoms with Gasteiger partial charge >= 0.3 is 0 Å². The molecule has 5 heteroatoms. The van der Waals surface area contributed by atoms with E-state index < -0.39 is 0 Å². The summed E-state index contributed by atoms with van der Waals surface area (Å²) in [5.41, 5.74) is 4.05. The van der Waals surface area contributed by atoms with Gasteiger partial charge in [0.25, 0.3) is 0 Å². The molecule has 0 unspecified atom stereocenters. The van der Waals surface area contributed by atoms with Gasteiger partial charge in [-0.05, 0) is 5.56 Å². The minimum Gasteiger partial charge on any atom is -0.351 e. The largest absolute Gasteiger partial charge is 0.351 e. The van der Waals surface area contributed by atoms with Crippen molar-refractivity contribution in [2.24, 2.45) is 0 Å². The Balaban J connectivity index is 1.88. The van der Waals surface area contributed by atoms with Gasteiger partial charge < -0.3 is 5.32 Å². The summed E-state index contributed by atoms with van der Waals surface area (Å²) in [6, 6.07) is 20.1. The number of amides is 1. The summed E-state index contributed by atoms with van der Waals surface area (Å²) in [4.78, 5) is 11.5. The fraction of sp³-hybridized carbons (Fsp3) is 0.158. The quantitative estimate of drug-likeness (QED) is 0.699. The molecule has 0 spiro atoms. The van der Waals surface area contributed by atoms with Crippen LogP contribution in [0.3, 0.4) is 0 Å². The molecule has 0 saturated carbocycles. The third kappa shape index (κ3) is 4.03. The van der Waals surface area contributed by atoms with Gasteiger partial charge in [0.15, 0.2) is 0 Å². The molecule has 24 heavy (non-hydrogen) atoms. The summed E-state index contributed by atoms with van der Waals surface area (Å²) in [5, 5.41) is 7.52. The zero-order valence-electron chi connectivity index (χ0n) is 13.2.